The maximum atomic E-state index is 13.8. The number of halogens is 4. The van der Waals surface area contributed by atoms with E-state index in [0.29, 0.717) is 0 Å². The second-order valence-corrected chi connectivity index (χ2v) is 11.9. The zero-order chi connectivity index (χ0) is 20.2. The van der Waals surface area contributed by atoms with Crippen LogP contribution in [0.15, 0.2) is 0 Å². The fraction of sp³-hybridized carbons (Fsp3) is 0.923. The summed E-state index contributed by atoms with van der Waals surface area (Å²) in [6.45, 7) is 1.12. The topological polar surface area (TPSA) is 86.8 Å². The fourth-order valence-electron chi connectivity index (χ4n) is 2.30. The van der Waals surface area contributed by atoms with E-state index in [2.05, 4.69) is 5.32 Å². The highest BCUT2D eigenvalue weighted by molar-refractivity contribution is 7.92. The van der Waals surface area contributed by atoms with Gasteiger partial charge in [-0.25, -0.2) is 17.8 Å². The molecule has 26 heavy (non-hydrogen) atoms. The minimum Gasteiger partial charge on any atom is -0.358 e. The monoisotopic (exact) mass is 491 g/mol. The summed E-state index contributed by atoms with van der Waals surface area (Å²) >= 11 is 23.3. The molecule has 0 rings (SSSR count). The van der Waals surface area contributed by atoms with Gasteiger partial charge in [0.2, 0.25) is 13.4 Å². The first-order valence-corrected chi connectivity index (χ1v) is 13.7. The lowest BCUT2D eigenvalue weighted by Crippen LogP contribution is -2.39. The van der Waals surface area contributed by atoms with E-state index in [1.165, 1.54) is 7.05 Å². The number of carbonyl (C=O) groups excluding carboxylic acids is 1. The molecule has 0 bridgehead atoms. The Hall–Kier alpha value is 0.730. The van der Waals surface area contributed by atoms with Crippen LogP contribution in [0, 0.1) is 0 Å². The normalized spacial score (nSPS) is 12.7. The zero-order valence-electron chi connectivity index (χ0n) is 14.7. The van der Waals surface area contributed by atoms with Gasteiger partial charge in [0.15, 0.2) is 9.84 Å². The van der Waals surface area contributed by atoms with Crippen molar-refractivity contribution in [2.75, 3.05) is 74.4 Å². The number of amides is 1. The molecule has 0 aliphatic carbocycles. The van der Waals surface area contributed by atoms with Crippen molar-refractivity contribution in [1.82, 2.24) is 14.7 Å². The Balaban J connectivity index is 5.61. The van der Waals surface area contributed by atoms with Gasteiger partial charge in [-0.3, -0.25) is 9.36 Å². The van der Waals surface area contributed by atoms with Crippen LogP contribution in [-0.2, 0) is 19.2 Å². The van der Waals surface area contributed by atoms with E-state index in [0.717, 1.165) is 0 Å². The SMILES string of the molecule is CNC(=O)CS(=O)(=O)CCP(=O)(N(CCCl)CCCl)N(CCCl)CCCl. The van der Waals surface area contributed by atoms with E-state index in [1.807, 2.05) is 0 Å². The van der Waals surface area contributed by atoms with Gasteiger partial charge < -0.3 is 5.32 Å². The first-order chi connectivity index (χ1) is 12.2. The van der Waals surface area contributed by atoms with Crippen molar-refractivity contribution in [2.45, 2.75) is 0 Å². The predicted molar refractivity (Wildman–Crippen MR) is 111 cm³/mol. The van der Waals surface area contributed by atoms with Crippen LogP contribution in [0.4, 0.5) is 0 Å². The standard InChI is InChI=1S/C13H26Cl4N3O4PS/c1-18-13(21)12-26(23,24)11-10-25(22,19(6-2-14)7-3-15)20(8-4-16)9-5-17/h2-12H2,1H3,(H,18,21). The van der Waals surface area contributed by atoms with E-state index in [1.54, 1.807) is 9.34 Å². The van der Waals surface area contributed by atoms with Gasteiger partial charge in [-0.2, -0.15) is 0 Å². The van der Waals surface area contributed by atoms with E-state index >= 15 is 0 Å². The molecule has 1 amide bonds. The molecule has 0 aromatic rings. The molecule has 0 aromatic carbocycles. The Bertz CT molecular complexity index is 536. The average molecular weight is 493 g/mol. The summed E-state index contributed by atoms with van der Waals surface area (Å²) < 4.78 is 41.5. The minimum absolute atomic E-state index is 0.159. The van der Waals surface area contributed by atoms with Crippen LogP contribution in [0.2, 0.25) is 0 Å². The van der Waals surface area contributed by atoms with Crippen LogP contribution in [0.5, 0.6) is 0 Å². The van der Waals surface area contributed by atoms with Crippen LogP contribution in [0.25, 0.3) is 0 Å². The molecule has 0 fully saturated rings. The van der Waals surface area contributed by atoms with Crippen LogP contribution >= 0.6 is 53.8 Å². The van der Waals surface area contributed by atoms with Gasteiger partial charge in [0, 0.05) is 62.9 Å². The lowest BCUT2D eigenvalue weighted by atomic mass is 10.6. The van der Waals surface area contributed by atoms with Crippen molar-refractivity contribution in [3.05, 3.63) is 0 Å². The Morgan fingerprint density at radius 3 is 1.62 bits per heavy atom. The lowest BCUT2D eigenvalue weighted by molar-refractivity contribution is -0.118. The Morgan fingerprint density at radius 2 is 1.31 bits per heavy atom. The highest BCUT2D eigenvalue weighted by Crippen LogP contribution is 2.53. The Labute approximate surface area is 176 Å². The number of alkyl halides is 4. The summed E-state index contributed by atoms with van der Waals surface area (Å²) in [6.07, 6.45) is -0.159. The second kappa shape index (κ2) is 13.8. The third kappa shape index (κ3) is 9.28. The molecule has 0 unspecified atom stereocenters. The van der Waals surface area contributed by atoms with Crippen LogP contribution < -0.4 is 5.32 Å². The van der Waals surface area contributed by atoms with Gasteiger partial charge >= 0.3 is 0 Å². The van der Waals surface area contributed by atoms with E-state index < -0.39 is 34.7 Å². The zero-order valence-corrected chi connectivity index (χ0v) is 19.4. The maximum absolute atomic E-state index is 13.8. The van der Waals surface area contributed by atoms with Crippen molar-refractivity contribution in [3.8, 4) is 0 Å². The molecule has 0 aliphatic heterocycles. The van der Waals surface area contributed by atoms with Gasteiger partial charge in [-0.1, -0.05) is 0 Å². The van der Waals surface area contributed by atoms with Gasteiger partial charge in [0.25, 0.3) is 0 Å². The number of rotatable bonds is 15. The molecular weight excluding hydrogens is 467 g/mol. The molecule has 0 saturated heterocycles. The predicted octanol–water partition coefficient (Wildman–Crippen LogP) is 1.90. The molecule has 0 aliphatic rings. The van der Waals surface area contributed by atoms with Gasteiger partial charge in [-0.05, 0) is 0 Å². The molecule has 7 nitrogen and oxygen atoms in total. The largest absolute Gasteiger partial charge is 0.358 e. The van der Waals surface area contributed by atoms with Crippen molar-refractivity contribution >= 4 is 69.6 Å². The van der Waals surface area contributed by atoms with Crippen LogP contribution in [-0.4, -0.2) is 98.1 Å². The van der Waals surface area contributed by atoms with Crippen molar-refractivity contribution in [2.24, 2.45) is 0 Å². The number of carbonyl (C=O) groups is 1. The van der Waals surface area contributed by atoms with E-state index in [9.17, 15) is 17.8 Å². The number of nitrogens with one attached hydrogen (secondary N) is 1. The minimum atomic E-state index is -3.72. The third-order valence-electron chi connectivity index (χ3n) is 3.58. The fourth-order valence-corrected chi connectivity index (χ4v) is 8.92. The number of nitrogens with zero attached hydrogens (tertiary/aromatic N) is 2. The summed E-state index contributed by atoms with van der Waals surface area (Å²) in [5.74, 6) is -0.831. The smallest absolute Gasteiger partial charge is 0.234 e. The van der Waals surface area contributed by atoms with Gasteiger partial charge in [0.1, 0.15) is 5.75 Å². The first kappa shape index (κ1) is 26.7. The van der Waals surface area contributed by atoms with E-state index in [4.69, 9.17) is 46.4 Å². The average Bonchev–Trinajstić information content (AvgIpc) is 2.59. The molecule has 1 N–H and O–H groups in total. The Morgan fingerprint density at radius 1 is 0.923 bits per heavy atom. The Kier molecular flexibility index (Phi) is 14.2. The van der Waals surface area contributed by atoms with Crippen molar-refractivity contribution in [1.29, 1.82) is 0 Å². The molecule has 0 atom stereocenters. The van der Waals surface area contributed by atoms with Crippen molar-refractivity contribution in [3.63, 3.8) is 0 Å². The number of sulfone groups is 1. The molecule has 13 heteroatoms. The first-order valence-electron chi connectivity index (χ1n) is 7.95. The molecule has 0 aromatic heterocycles. The third-order valence-corrected chi connectivity index (χ3v) is 9.46. The molecule has 0 saturated carbocycles. The summed E-state index contributed by atoms with van der Waals surface area (Å²) in [5.41, 5.74) is 0. The summed E-state index contributed by atoms with van der Waals surface area (Å²) in [5, 5.41) is 2.27. The molecule has 0 spiro atoms. The van der Waals surface area contributed by atoms with Crippen LogP contribution in [0.1, 0.15) is 0 Å². The highest BCUT2D eigenvalue weighted by atomic mass is 35.5. The molecule has 156 valence electrons. The summed E-state index contributed by atoms with van der Waals surface area (Å²) in [6, 6.07) is 0. The van der Waals surface area contributed by atoms with Crippen LogP contribution in [0.3, 0.4) is 0 Å². The second-order valence-electron chi connectivity index (χ2n) is 5.32. The molecule has 0 heterocycles. The number of hydrogen-bond acceptors (Lipinski definition) is 4. The quantitative estimate of drug-likeness (QED) is 0.277. The van der Waals surface area contributed by atoms with E-state index in [-0.39, 0.29) is 55.9 Å². The molecule has 0 radical (unpaired) electrons. The highest BCUT2D eigenvalue weighted by Gasteiger charge is 2.37. The molecular formula is C13H26Cl4N3O4PS. The number of hydrogen-bond donors (Lipinski definition) is 1. The van der Waals surface area contributed by atoms with Gasteiger partial charge in [0.05, 0.1) is 5.75 Å². The van der Waals surface area contributed by atoms with Crippen molar-refractivity contribution < 1.29 is 17.8 Å². The van der Waals surface area contributed by atoms with Gasteiger partial charge in [-0.15, -0.1) is 46.4 Å². The lowest BCUT2D eigenvalue weighted by Gasteiger charge is -2.38. The summed E-state index contributed by atoms with van der Waals surface area (Å²) in [4.78, 5) is 11.4. The summed E-state index contributed by atoms with van der Waals surface area (Å²) in [7, 11) is -5.70. The maximum Gasteiger partial charge on any atom is 0.234 e.